The first-order valence-corrected chi connectivity index (χ1v) is 14.8. The summed E-state index contributed by atoms with van der Waals surface area (Å²) in [5.74, 6) is 0. The Morgan fingerprint density at radius 2 is 1.03 bits per heavy atom. The third-order valence-corrected chi connectivity index (χ3v) is 12.8. The minimum Gasteiger partial charge on any atom is -0.259 e. The molecule has 6 rings (SSSR count). The van der Waals surface area contributed by atoms with Gasteiger partial charge in [-0.1, -0.05) is 65.1 Å². The maximum atomic E-state index is 4.92. The molecule has 8 heteroatoms. The van der Waals surface area contributed by atoms with Gasteiger partial charge >= 0.3 is 0 Å². The topological polar surface area (TPSA) is 49.4 Å². The maximum Gasteiger partial charge on any atom is 0.130 e. The second-order valence-corrected chi connectivity index (χ2v) is 13.8. The number of thioether (sulfide) groups is 4. The van der Waals surface area contributed by atoms with Crippen molar-refractivity contribution in [3.05, 3.63) is 63.3 Å². The molecule has 0 unspecified atom stereocenters. The molecule has 0 amide bonds. The summed E-state index contributed by atoms with van der Waals surface area (Å²) >= 11 is 7.67. The molecule has 4 heterocycles. The predicted octanol–water partition coefficient (Wildman–Crippen LogP) is 5.47. The first kappa shape index (κ1) is 23.0. The van der Waals surface area contributed by atoms with E-state index in [1.54, 1.807) is 0 Å². The summed E-state index contributed by atoms with van der Waals surface area (Å²) in [5.41, 5.74) is 8.02. The van der Waals surface area contributed by atoms with Crippen molar-refractivity contribution >= 4 is 47.0 Å². The fourth-order valence-corrected chi connectivity index (χ4v) is 10.3. The van der Waals surface area contributed by atoms with Crippen LogP contribution in [0, 0.1) is 6.92 Å². The van der Waals surface area contributed by atoms with Gasteiger partial charge in [-0.15, -0.1) is 0 Å². The highest BCUT2D eigenvalue weighted by Crippen LogP contribution is 2.56. The highest BCUT2D eigenvalue weighted by atomic mass is 32.2. The van der Waals surface area contributed by atoms with Crippen molar-refractivity contribution in [2.75, 3.05) is 13.3 Å². The van der Waals surface area contributed by atoms with Gasteiger partial charge in [-0.3, -0.25) is 20.0 Å². The second kappa shape index (κ2) is 8.57. The van der Waals surface area contributed by atoms with E-state index in [9.17, 15) is 0 Å². The van der Waals surface area contributed by atoms with E-state index in [0.717, 1.165) is 34.3 Å². The van der Waals surface area contributed by atoms with E-state index in [1.807, 2.05) is 47.0 Å². The number of hydrogen-bond acceptors (Lipinski definition) is 8. The lowest BCUT2D eigenvalue weighted by molar-refractivity contribution is 0.916. The summed E-state index contributed by atoms with van der Waals surface area (Å²) in [4.78, 5) is 25.0. The molecule has 0 bridgehead atoms. The van der Waals surface area contributed by atoms with Crippen LogP contribution >= 0.6 is 47.0 Å². The smallest absolute Gasteiger partial charge is 0.130 e. The quantitative estimate of drug-likeness (QED) is 0.537. The Hall–Kier alpha value is -1.48. The summed E-state index contributed by atoms with van der Waals surface area (Å²) in [6.07, 6.45) is 1.80. The van der Waals surface area contributed by atoms with Gasteiger partial charge in [0.2, 0.25) is 0 Å². The van der Waals surface area contributed by atoms with Crippen molar-refractivity contribution in [1.82, 2.24) is 0 Å². The second-order valence-electron chi connectivity index (χ2n) is 9.20. The van der Waals surface area contributed by atoms with Gasteiger partial charge < -0.3 is 0 Å². The van der Waals surface area contributed by atoms with Gasteiger partial charge in [-0.05, 0) is 63.3 Å². The van der Waals surface area contributed by atoms with Crippen LogP contribution in [0.15, 0.2) is 59.2 Å². The molecule has 0 fully saturated rings. The number of rotatable bonds is 3. The fourth-order valence-electron chi connectivity index (χ4n) is 4.78. The standard InChI is InChI=1S/C26H26N4S4/c1-7-14-18-20(30-10-28-18)16(24-22(14)32-26(34-24)12(4)5)8-15-19-17(27-9-29-19)13(6)21-23(15)33-25(31-21)11(2)3/h7-10H2,1-6H3. The van der Waals surface area contributed by atoms with Gasteiger partial charge in [0, 0.05) is 34.5 Å². The van der Waals surface area contributed by atoms with Crippen LogP contribution in [0.3, 0.4) is 0 Å². The third kappa shape index (κ3) is 3.39. The van der Waals surface area contributed by atoms with E-state index in [4.69, 9.17) is 20.0 Å². The van der Waals surface area contributed by atoms with Gasteiger partial charge in [0.05, 0.1) is 21.4 Å². The Labute approximate surface area is 216 Å². The first-order valence-electron chi connectivity index (χ1n) is 11.6. The van der Waals surface area contributed by atoms with E-state index in [1.165, 1.54) is 61.5 Å². The Bertz CT molecular complexity index is 1610. The lowest BCUT2D eigenvalue weighted by Gasteiger charge is -2.14. The molecular formula is C26H26N4S4. The normalized spacial score (nSPS) is 16.9. The zero-order valence-corrected chi connectivity index (χ0v) is 23.5. The fraction of sp³-hybridized carbons (Fsp3) is 0.385. The molecule has 2 aromatic rings. The van der Waals surface area contributed by atoms with Crippen LogP contribution in [0.1, 0.15) is 56.9 Å². The molecule has 34 heavy (non-hydrogen) atoms. The maximum absolute atomic E-state index is 4.92. The van der Waals surface area contributed by atoms with Crippen LogP contribution in [-0.4, -0.2) is 13.3 Å². The van der Waals surface area contributed by atoms with Crippen LogP contribution in [0.5, 0.6) is 0 Å². The van der Waals surface area contributed by atoms with E-state index in [2.05, 4.69) is 41.5 Å². The molecule has 0 saturated carbocycles. The summed E-state index contributed by atoms with van der Waals surface area (Å²) in [6, 6.07) is 0. The molecule has 4 aliphatic rings. The summed E-state index contributed by atoms with van der Waals surface area (Å²) < 4.78 is 2.78. The van der Waals surface area contributed by atoms with Gasteiger partial charge in [0.25, 0.3) is 0 Å². The monoisotopic (exact) mass is 522 g/mol. The largest absolute Gasteiger partial charge is 0.259 e. The average molecular weight is 523 g/mol. The third-order valence-electron chi connectivity index (χ3n) is 6.45. The molecule has 0 saturated heterocycles. The average Bonchev–Trinajstić information content (AvgIpc) is 3.59. The molecule has 174 valence electrons. The highest BCUT2D eigenvalue weighted by Gasteiger charge is 2.32. The molecule has 0 aromatic heterocycles. The van der Waals surface area contributed by atoms with Crippen molar-refractivity contribution in [2.45, 2.75) is 74.0 Å². The lowest BCUT2D eigenvalue weighted by Crippen LogP contribution is -2.35. The zero-order valence-electron chi connectivity index (χ0n) is 20.3. The minimum atomic E-state index is 0.536. The molecule has 4 aliphatic heterocycles. The number of benzene rings is 2. The Morgan fingerprint density at radius 3 is 1.56 bits per heavy atom. The molecule has 0 radical (unpaired) electrons. The summed E-state index contributed by atoms with van der Waals surface area (Å²) in [6.45, 7) is 14.4. The molecule has 0 spiro atoms. The summed E-state index contributed by atoms with van der Waals surface area (Å²) in [7, 11) is 0. The van der Waals surface area contributed by atoms with Crippen LogP contribution in [0.4, 0.5) is 0 Å². The number of hydrogen-bond donors (Lipinski definition) is 0. The highest BCUT2D eigenvalue weighted by molar-refractivity contribution is 8.25. The van der Waals surface area contributed by atoms with E-state index in [-0.39, 0.29) is 0 Å². The Kier molecular flexibility index (Phi) is 5.79. The van der Waals surface area contributed by atoms with Gasteiger partial charge in [0.1, 0.15) is 13.3 Å². The molecular weight excluding hydrogens is 497 g/mol. The van der Waals surface area contributed by atoms with Crippen LogP contribution < -0.4 is 21.4 Å². The van der Waals surface area contributed by atoms with Gasteiger partial charge in [-0.2, -0.15) is 0 Å². The lowest BCUT2D eigenvalue weighted by atomic mass is 9.99. The summed E-state index contributed by atoms with van der Waals surface area (Å²) in [5, 5.41) is 4.40. The molecule has 0 aliphatic carbocycles. The molecule has 0 N–H and O–H groups in total. The Balaban J connectivity index is 1.63. The Morgan fingerprint density at radius 1 is 0.618 bits per heavy atom. The van der Waals surface area contributed by atoms with Crippen LogP contribution in [-0.2, 0) is 12.8 Å². The number of nitrogens with zero attached hydrogens (tertiary/aromatic N) is 4. The van der Waals surface area contributed by atoms with Crippen molar-refractivity contribution in [3.63, 3.8) is 0 Å². The van der Waals surface area contributed by atoms with Crippen molar-refractivity contribution in [2.24, 2.45) is 20.0 Å². The van der Waals surface area contributed by atoms with E-state index < -0.39 is 0 Å². The van der Waals surface area contributed by atoms with E-state index >= 15 is 0 Å². The molecule has 4 nitrogen and oxygen atoms in total. The molecule has 0 atom stereocenters. The number of allylic oxidation sites excluding steroid dienone is 2. The molecule has 2 aromatic carbocycles. The van der Waals surface area contributed by atoms with Gasteiger partial charge in [0.15, 0.2) is 0 Å². The SMILES string of the molecule is CCc1c2c(c(Cc3c4c(c(C)c5c3=NCN=5)SC(=C(C)C)S4)c3c1=NCN=3)SC(=C(C)C)S2. The first-order chi connectivity index (χ1) is 16.4. The van der Waals surface area contributed by atoms with E-state index in [0.29, 0.717) is 13.3 Å². The van der Waals surface area contributed by atoms with Crippen LogP contribution in [0.25, 0.3) is 0 Å². The van der Waals surface area contributed by atoms with Crippen molar-refractivity contribution in [3.8, 4) is 0 Å². The minimum absolute atomic E-state index is 0.536. The number of fused-ring (bicyclic) bond motifs is 4. The zero-order chi connectivity index (χ0) is 23.7. The van der Waals surface area contributed by atoms with Crippen molar-refractivity contribution < 1.29 is 0 Å². The van der Waals surface area contributed by atoms with Gasteiger partial charge in [-0.25, -0.2) is 0 Å². The van der Waals surface area contributed by atoms with Crippen LogP contribution in [0.2, 0.25) is 0 Å². The predicted molar refractivity (Wildman–Crippen MR) is 144 cm³/mol. The van der Waals surface area contributed by atoms with Crippen molar-refractivity contribution in [1.29, 1.82) is 0 Å².